The lowest BCUT2D eigenvalue weighted by Crippen LogP contribution is -2.26. The first-order valence-corrected chi connectivity index (χ1v) is 12.8. The van der Waals surface area contributed by atoms with Gasteiger partial charge in [0.25, 0.3) is 0 Å². The summed E-state index contributed by atoms with van der Waals surface area (Å²) in [4.78, 5) is 27.5. The predicted molar refractivity (Wildman–Crippen MR) is 134 cm³/mol. The molecule has 0 radical (unpaired) electrons. The van der Waals surface area contributed by atoms with Gasteiger partial charge in [0.2, 0.25) is 0 Å². The van der Waals surface area contributed by atoms with Crippen molar-refractivity contribution in [2.24, 2.45) is 18.9 Å². The maximum Gasteiger partial charge on any atom is 0.316 e. The van der Waals surface area contributed by atoms with Crippen molar-refractivity contribution in [3.8, 4) is 17.4 Å². The number of aryl methyl sites for hydroxylation is 2. The quantitative estimate of drug-likeness (QED) is 0.478. The second-order valence-corrected chi connectivity index (χ2v) is 9.83. The van der Waals surface area contributed by atoms with Crippen molar-refractivity contribution in [1.82, 2.24) is 29.9 Å². The molecule has 0 amide bonds. The third kappa shape index (κ3) is 4.76. The van der Waals surface area contributed by atoms with Crippen molar-refractivity contribution in [2.75, 3.05) is 18.0 Å². The van der Waals surface area contributed by atoms with E-state index in [1.165, 1.54) is 19.3 Å². The number of aliphatic carboxylic acids is 1. The highest BCUT2D eigenvalue weighted by Gasteiger charge is 2.32. The molecule has 0 bridgehead atoms. The summed E-state index contributed by atoms with van der Waals surface area (Å²) in [5.41, 5.74) is 5.27. The molecule has 1 saturated heterocycles. The number of nitrogens with zero attached hydrogens (tertiary/aromatic N) is 7. The maximum atomic E-state index is 11.4. The Hall–Kier alpha value is -3.56. The van der Waals surface area contributed by atoms with E-state index < -0.39 is 5.97 Å². The van der Waals surface area contributed by atoms with Crippen LogP contribution in [0.5, 0.6) is 6.01 Å². The number of rotatable bonds is 9. The molecule has 5 rings (SSSR count). The van der Waals surface area contributed by atoms with Gasteiger partial charge >= 0.3 is 12.0 Å². The van der Waals surface area contributed by atoms with Crippen LogP contribution in [0.15, 0.2) is 24.4 Å². The number of hydrogen-bond donors (Lipinski definition) is 1. The number of aromatic nitrogens is 6. The van der Waals surface area contributed by atoms with Gasteiger partial charge in [-0.25, -0.2) is 14.6 Å². The topological polar surface area (TPSA) is 119 Å². The van der Waals surface area contributed by atoms with Gasteiger partial charge in [-0.15, -0.1) is 5.10 Å². The van der Waals surface area contributed by atoms with Gasteiger partial charge in [0.1, 0.15) is 18.0 Å². The largest absolute Gasteiger partial charge is 0.481 e. The molecule has 2 atom stereocenters. The Kier molecular flexibility index (Phi) is 6.84. The molecule has 0 unspecified atom stereocenters. The van der Waals surface area contributed by atoms with E-state index in [1.807, 2.05) is 19.2 Å². The van der Waals surface area contributed by atoms with Crippen LogP contribution in [-0.4, -0.2) is 54.1 Å². The molecule has 4 heterocycles. The normalized spacial score (nSPS) is 18.8. The standard InChI is InChI=1S/C26H33N7O3/c1-4-19-22(33-13-11-18(14-33)16(2)25(34)35)9-8-21(28-19)24-23(32(3)31-30-24)15-36-26-27-12-10-20(29-26)17-6-5-7-17/h8-10,12,16-18H,4-7,11,13-15H2,1-3H3,(H,34,35)/t16-,18-/m0/s1. The fraction of sp³-hybridized carbons (Fsp3) is 0.538. The molecule has 3 aromatic heterocycles. The number of hydrogen-bond acceptors (Lipinski definition) is 8. The van der Waals surface area contributed by atoms with Gasteiger partial charge in [-0.1, -0.05) is 25.5 Å². The average molecular weight is 492 g/mol. The van der Waals surface area contributed by atoms with E-state index in [-0.39, 0.29) is 18.4 Å². The molecular weight excluding hydrogens is 458 g/mol. The Morgan fingerprint density at radius 1 is 1.22 bits per heavy atom. The van der Waals surface area contributed by atoms with Crippen molar-refractivity contribution in [1.29, 1.82) is 0 Å². The minimum Gasteiger partial charge on any atom is -0.481 e. The first-order valence-electron chi connectivity index (χ1n) is 12.8. The molecule has 1 aliphatic heterocycles. The molecule has 10 nitrogen and oxygen atoms in total. The van der Waals surface area contributed by atoms with Gasteiger partial charge < -0.3 is 14.7 Å². The Bertz CT molecular complexity index is 1240. The van der Waals surface area contributed by atoms with Crippen LogP contribution >= 0.6 is 0 Å². The molecule has 1 N–H and O–H groups in total. The lowest BCUT2D eigenvalue weighted by Gasteiger charge is -2.24. The van der Waals surface area contributed by atoms with Gasteiger partial charge in [0.05, 0.1) is 28.7 Å². The van der Waals surface area contributed by atoms with E-state index >= 15 is 0 Å². The van der Waals surface area contributed by atoms with Crippen molar-refractivity contribution in [3.63, 3.8) is 0 Å². The third-order valence-electron chi connectivity index (χ3n) is 7.65. The molecule has 3 aromatic rings. The SMILES string of the molecule is CCc1nc(-c2nnn(C)c2COc2nccc(C3CCC3)n2)ccc1N1CC[C@H]([C@H](C)C(=O)O)C1. The van der Waals surface area contributed by atoms with Gasteiger partial charge in [-0.3, -0.25) is 4.79 Å². The van der Waals surface area contributed by atoms with E-state index in [9.17, 15) is 9.90 Å². The Morgan fingerprint density at radius 2 is 2.06 bits per heavy atom. The second-order valence-electron chi connectivity index (χ2n) is 9.83. The Balaban J connectivity index is 1.33. The number of ether oxygens (including phenoxy) is 1. The Morgan fingerprint density at radius 3 is 2.78 bits per heavy atom. The third-order valence-corrected chi connectivity index (χ3v) is 7.65. The van der Waals surface area contributed by atoms with Gasteiger partial charge in [-0.05, 0) is 49.8 Å². The minimum atomic E-state index is -0.733. The summed E-state index contributed by atoms with van der Waals surface area (Å²) in [5.74, 6) is -0.435. The van der Waals surface area contributed by atoms with Crippen LogP contribution in [0.25, 0.3) is 11.4 Å². The molecule has 10 heteroatoms. The zero-order valence-electron chi connectivity index (χ0n) is 21.1. The molecule has 1 aliphatic carbocycles. The number of carbonyl (C=O) groups is 1. The lowest BCUT2D eigenvalue weighted by molar-refractivity contribution is -0.142. The van der Waals surface area contributed by atoms with Crippen molar-refractivity contribution >= 4 is 11.7 Å². The summed E-state index contributed by atoms with van der Waals surface area (Å²) in [6.07, 6.45) is 6.97. The van der Waals surface area contributed by atoms with E-state index in [4.69, 9.17) is 9.72 Å². The fourth-order valence-corrected chi connectivity index (χ4v) is 5.02. The smallest absolute Gasteiger partial charge is 0.316 e. The summed E-state index contributed by atoms with van der Waals surface area (Å²) in [7, 11) is 1.84. The zero-order chi connectivity index (χ0) is 25.2. The van der Waals surface area contributed by atoms with E-state index in [0.717, 1.165) is 54.4 Å². The average Bonchev–Trinajstić information content (AvgIpc) is 3.48. The molecule has 0 aromatic carbocycles. The first kappa shape index (κ1) is 24.1. The van der Waals surface area contributed by atoms with Gasteiger partial charge in [0.15, 0.2) is 0 Å². The summed E-state index contributed by atoms with van der Waals surface area (Å²) in [6.45, 7) is 5.67. The molecule has 0 spiro atoms. The first-order chi connectivity index (χ1) is 17.4. The molecule has 2 fully saturated rings. The molecular formula is C26H33N7O3. The lowest BCUT2D eigenvalue weighted by atomic mass is 9.83. The summed E-state index contributed by atoms with van der Waals surface area (Å²) in [5, 5.41) is 18.0. The second kappa shape index (κ2) is 10.2. The Labute approximate surface area is 210 Å². The summed E-state index contributed by atoms with van der Waals surface area (Å²) >= 11 is 0. The fourth-order valence-electron chi connectivity index (χ4n) is 5.02. The summed E-state index contributed by atoms with van der Waals surface area (Å²) < 4.78 is 7.66. The van der Waals surface area contributed by atoms with Crippen LogP contribution in [0.1, 0.15) is 62.5 Å². The number of anilines is 1. The van der Waals surface area contributed by atoms with Crippen LogP contribution in [0, 0.1) is 11.8 Å². The molecule has 190 valence electrons. The van der Waals surface area contributed by atoms with Crippen LogP contribution in [0.3, 0.4) is 0 Å². The number of carboxylic acids is 1. The highest BCUT2D eigenvalue weighted by Crippen LogP contribution is 2.36. The van der Waals surface area contributed by atoms with E-state index in [0.29, 0.717) is 17.6 Å². The van der Waals surface area contributed by atoms with Crippen molar-refractivity contribution in [3.05, 3.63) is 41.5 Å². The zero-order valence-corrected chi connectivity index (χ0v) is 21.1. The predicted octanol–water partition coefficient (Wildman–Crippen LogP) is 3.62. The highest BCUT2D eigenvalue weighted by atomic mass is 16.5. The van der Waals surface area contributed by atoms with Crippen LogP contribution in [-0.2, 0) is 24.9 Å². The molecule has 36 heavy (non-hydrogen) atoms. The molecule has 2 aliphatic rings. The van der Waals surface area contributed by atoms with Crippen molar-refractivity contribution in [2.45, 2.75) is 58.5 Å². The van der Waals surface area contributed by atoms with Crippen LogP contribution in [0.4, 0.5) is 5.69 Å². The van der Waals surface area contributed by atoms with Crippen LogP contribution in [0.2, 0.25) is 0 Å². The number of carboxylic acid groups (broad SMARTS) is 1. The summed E-state index contributed by atoms with van der Waals surface area (Å²) in [6, 6.07) is 6.36. The van der Waals surface area contributed by atoms with Gasteiger partial charge in [0, 0.05) is 32.3 Å². The van der Waals surface area contributed by atoms with E-state index in [2.05, 4.69) is 38.2 Å². The monoisotopic (exact) mass is 491 g/mol. The highest BCUT2D eigenvalue weighted by molar-refractivity contribution is 5.70. The van der Waals surface area contributed by atoms with E-state index in [1.54, 1.807) is 17.8 Å². The van der Waals surface area contributed by atoms with Gasteiger partial charge in [-0.2, -0.15) is 4.98 Å². The maximum absolute atomic E-state index is 11.4. The van der Waals surface area contributed by atoms with Crippen LogP contribution < -0.4 is 9.64 Å². The van der Waals surface area contributed by atoms with Crippen molar-refractivity contribution < 1.29 is 14.6 Å². The molecule has 1 saturated carbocycles. The number of pyridine rings is 1. The minimum absolute atomic E-state index is 0.139.